The van der Waals surface area contributed by atoms with Gasteiger partial charge in [0.05, 0.1) is 0 Å². The standard InChI is InChI=1S/C10H16ClN3/c1-4-5-8-9(11)12-6-13-10(8)14-7(2)3/h6-7H,4-5H2,1-3H3,(H,12,13,14). The van der Waals surface area contributed by atoms with Gasteiger partial charge in [0.1, 0.15) is 17.3 Å². The lowest BCUT2D eigenvalue weighted by atomic mass is 10.2. The van der Waals surface area contributed by atoms with Crippen LogP contribution in [0.15, 0.2) is 6.33 Å². The SMILES string of the molecule is CCCc1c(Cl)ncnc1NC(C)C. The summed E-state index contributed by atoms with van der Waals surface area (Å²) in [7, 11) is 0. The fourth-order valence-corrected chi connectivity index (χ4v) is 1.49. The van der Waals surface area contributed by atoms with Crippen molar-refractivity contribution in [3.63, 3.8) is 0 Å². The highest BCUT2D eigenvalue weighted by molar-refractivity contribution is 6.30. The van der Waals surface area contributed by atoms with Gasteiger partial charge in [-0.25, -0.2) is 9.97 Å². The van der Waals surface area contributed by atoms with E-state index in [1.807, 2.05) is 0 Å². The molecule has 0 saturated heterocycles. The van der Waals surface area contributed by atoms with Crippen LogP contribution in [-0.4, -0.2) is 16.0 Å². The summed E-state index contributed by atoms with van der Waals surface area (Å²) < 4.78 is 0. The van der Waals surface area contributed by atoms with E-state index in [-0.39, 0.29) is 0 Å². The summed E-state index contributed by atoms with van der Waals surface area (Å²) in [6.45, 7) is 6.26. The Morgan fingerprint density at radius 3 is 2.71 bits per heavy atom. The van der Waals surface area contributed by atoms with Crippen LogP contribution in [0.5, 0.6) is 0 Å². The molecule has 0 aliphatic carbocycles. The molecule has 0 spiro atoms. The number of anilines is 1. The lowest BCUT2D eigenvalue weighted by Crippen LogP contribution is -2.13. The molecule has 1 aromatic heterocycles. The normalized spacial score (nSPS) is 10.6. The number of aromatic nitrogens is 2. The average Bonchev–Trinajstić information content (AvgIpc) is 2.10. The van der Waals surface area contributed by atoms with Crippen molar-refractivity contribution in [2.45, 2.75) is 39.7 Å². The third kappa shape index (κ3) is 2.84. The predicted octanol–water partition coefficient (Wildman–Crippen LogP) is 2.90. The maximum Gasteiger partial charge on any atom is 0.137 e. The molecule has 0 aromatic carbocycles. The van der Waals surface area contributed by atoms with Crippen LogP contribution in [-0.2, 0) is 6.42 Å². The van der Waals surface area contributed by atoms with Crippen LogP contribution in [0, 0.1) is 0 Å². The third-order valence-corrected chi connectivity index (χ3v) is 2.14. The van der Waals surface area contributed by atoms with Gasteiger partial charge in [0.2, 0.25) is 0 Å². The van der Waals surface area contributed by atoms with E-state index in [1.54, 1.807) is 0 Å². The van der Waals surface area contributed by atoms with E-state index in [0.29, 0.717) is 11.2 Å². The molecule has 1 heterocycles. The van der Waals surface area contributed by atoms with Crippen molar-refractivity contribution in [2.75, 3.05) is 5.32 Å². The Morgan fingerprint density at radius 2 is 2.14 bits per heavy atom. The van der Waals surface area contributed by atoms with Crippen molar-refractivity contribution in [2.24, 2.45) is 0 Å². The molecule has 14 heavy (non-hydrogen) atoms. The van der Waals surface area contributed by atoms with Gasteiger partial charge in [0, 0.05) is 11.6 Å². The molecule has 0 aliphatic rings. The van der Waals surface area contributed by atoms with Crippen LogP contribution in [0.1, 0.15) is 32.8 Å². The largest absolute Gasteiger partial charge is 0.368 e. The van der Waals surface area contributed by atoms with Gasteiger partial charge in [-0.1, -0.05) is 24.9 Å². The minimum absolute atomic E-state index is 0.358. The van der Waals surface area contributed by atoms with Crippen molar-refractivity contribution in [3.05, 3.63) is 17.0 Å². The fourth-order valence-electron chi connectivity index (χ4n) is 1.26. The van der Waals surface area contributed by atoms with E-state index in [0.717, 1.165) is 24.2 Å². The van der Waals surface area contributed by atoms with Gasteiger partial charge in [-0.2, -0.15) is 0 Å². The topological polar surface area (TPSA) is 37.8 Å². The van der Waals surface area contributed by atoms with Crippen molar-refractivity contribution < 1.29 is 0 Å². The highest BCUT2D eigenvalue weighted by atomic mass is 35.5. The summed E-state index contributed by atoms with van der Waals surface area (Å²) >= 11 is 6.00. The number of rotatable bonds is 4. The van der Waals surface area contributed by atoms with Gasteiger partial charge in [0.15, 0.2) is 0 Å². The molecule has 1 rings (SSSR count). The average molecular weight is 214 g/mol. The summed E-state index contributed by atoms with van der Waals surface area (Å²) in [5.74, 6) is 0.863. The summed E-state index contributed by atoms with van der Waals surface area (Å²) in [6.07, 6.45) is 3.45. The molecule has 0 fully saturated rings. The zero-order valence-corrected chi connectivity index (χ0v) is 9.60. The zero-order chi connectivity index (χ0) is 10.6. The molecular formula is C10H16ClN3. The predicted molar refractivity (Wildman–Crippen MR) is 59.8 cm³/mol. The van der Waals surface area contributed by atoms with Gasteiger partial charge < -0.3 is 5.32 Å². The summed E-state index contributed by atoms with van der Waals surface area (Å²) in [4.78, 5) is 8.17. The molecule has 0 radical (unpaired) electrons. The Hall–Kier alpha value is -0.830. The zero-order valence-electron chi connectivity index (χ0n) is 8.84. The van der Waals surface area contributed by atoms with E-state index in [1.165, 1.54) is 6.33 Å². The third-order valence-electron chi connectivity index (χ3n) is 1.82. The minimum atomic E-state index is 0.358. The molecule has 0 amide bonds. The van der Waals surface area contributed by atoms with E-state index < -0.39 is 0 Å². The molecule has 3 nitrogen and oxygen atoms in total. The van der Waals surface area contributed by atoms with Crippen molar-refractivity contribution in [3.8, 4) is 0 Å². The molecule has 1 N–H and O–H groups in total. The molecule has 78 valence electrons. The number of hydrogen-bond acceptors (Lipinski definition) is 3. The first kappa shape index (κ1) is 11.2. The van der Waals surface area contributed by atoms with Crippen LogP contribution in [0.3, 0.4) is 0 Å². The lowest BCUT2D eigenvalue weighted by Gasteiger charge is -2.13. The summed E-state index contributed by atoms with van der Waals surface area (Å²) in [5, 5.41) is 3.82. The Balaban J connectivity index is 2.95. The monoisotopic (exact) mass is 213 g/mol. The number of nitrogens with zero attached hydrogens (tertiary/aromatic N) is 2. The second kappa shape index (κ2) is 5.15. The highest BCUT2D eigenvalue weighted by Crippen LogP contribution is 2.21. The molecule has 1 aromatic rings. The van der Waals surface area contributed by atoms with Gasteiger partial charge >= 0.3 is 0 Å². The van der Waals surface area contributed by atoms with E-state index in [9.17, 15) is 0 Å². The molecule has 4 heteroatoms. The van der Waals surface area contributed by atoms with Crippen molar-refractivity contribution in [1.29, 1.82) is 0 Å². The Bertz CT molecular complexity index is 299. The summed E-state index contributed by atoms with van der Waals surface area (Å²) in [6, 6.07) is 0.358. The van der Waals surface area contributed by atoms with Gasteiger partial charge in [0.25, 0.3) is 0 Å². The van der Waals surface area contributed by atoms with Gasteiger partial charge in [-0.05, 0) is 20.3 Å². The molecule has 0 atom stereocenters. The maximum atomic E-state index is 6.00. The van der Waals surface area contributed by atoms with Crippen LogP contribution in [0.25, 0.3) is 0 Å². The highest BCUT2D eigenvalue weighted by Gasteiger charge is 2.09. The number of hydrogen-bond donors (Lipinski definition) is 1. The molecule has 0 bridgehead atoms. The Morgan fingerprint density at radius 1 is 1.43 bits per heavy atom. The van der Waals surface area contributed by atoms with Gasteiger partial charge in [-0.3, -0.25) is 0 Å². The van der Waals surface area contributed by atoms with Crippen LogP contribution in [0.4, 0.5) is 5.82 Å². The smallest absolute Gasteiger partial charge is 0.137 e. The first-order chi connectivity index (χ1) is 6.65. The Labute approximate surface area is 89.9 Å². The second-order valence-corrected chi connectivity index (χ2v) is 3.90. The van der Waals surface area contributed by atoms with E-state index in [4.69, 9.17) is 11.6 Å². The van der Waals surface area contributed by atoms with Crippen LogP contribution in [0.2, 0.25) is 5.15 Å². The minimum Gasteiger partial charge on any atom is -0.368 e. The number of halogens is 1. The summed E-state index contributed by atoms with van der Waals surface area (Å²) in [5.41, 5.74) is 1.02. The first-order valence-corrected chi connectivity index (χ1v) is 5.28. The van der Waals surface area contributed by atoms with E-state index in [2.05, 4.69) is 36.1 Å². The number of nitrogens with one attached hydrogen (secondary N) is 1. The quantitative estimate of drug-likeness (QED) is 0.782. The lowest BCUT2D eigenvalue weighted by molar-refractivity contribution is 0.856. The van der Waals surface area contributed by atoms with Crippen molar-refractivity contribution in [1.82, 2.24) is 9.97 Å². The first-order valence-electron chi connectivity index (χ1n) is 4.91. The second-order valence-electron chi connectivity index (χ2n) is 3.54. The van der Waals surface area contributed by atoms with Crippen LogP contribution >= 0.6 is 11.6 Å². The fraction of sp³-hybridized carbons (Fsp3) is 0.600. The molecule has 0 saturated carbocycles. The van der Waals surface area contributed by atoms with E-state index >= 15 is 0 Å². The molecule has 0 unspecified atom stereocenters. The molecular weight excluding hydrogens is 198 g/mol. The maximum absolute atomic E-state index is 6.00. The Kier molecular flexibility index (Phi) is 4.14. The van der Waals surface area contributed by atoms with Crippen molar-refractivity contribution >= 4 is 17.4 Å². The molecule has 0 aliphatic heterocycles. The van der Waals surface area contributed by atoms with Gasteiger partial charge in [-0.15, -0.1) is 0 Å². The van der Waals surface area contributed by atoms with Crippen LogP contribution < -0.4 is 5.32 Å².